The third-order valence-electron chi connectivity index (χ3n) is 2.79. The third kappa shape index (κ3) is 2.76. The van der Waals surface area contributed by atoms with Gasteiger partial charge in [0, 0.05) is 21.1 Å². The summed E-state index contributed by atoms with van der Waals surface area (Å²) < 4.78 is 18.8. The fraction of sp³-hybridized carbons (Fsp3) is 0.0714. The van der Waals surface area contributed by atoms with Gasteiger partial charge in [-0.15, -0.1) is 0 Å². The molecule has 6 heteroatoms. The molecule has 1 atom stereocenters. The van der Waals surface area contributed by atoms with E-state index in [1.165, 1.54) is 0 Å². The summed E-state index contributed by atoms with van der Waals surface area (Å²) in [6, 6.07) is 12.6. The molecular weight excluding hydrogens is 340 g/mol. The second-order valence-corrected chi connectivity index (χ2v) is 6.65. The number of hydrogen-bond donors (Lipinski definition) is 1. The van der Waals surface area contributed by atoms with E-state index in [4.69, 9.17) is 10.2 Å². The van der Waals surface area contributed by atoms with Crippen molar-refractivity contribution in [1.29, 1.82) is 0 Å². The lowest BCUT2D eigenvalue weighted by Gasteiger charge is -1.99. The van der Waals surface area contributed by atoms with Crippen LogP contribution in [0.2, 0.25) is 0 Å². The molecule has 3 aromatic rings. The normalized spacial score (nSPS) is 12.7. The van der Waals surface area contributed by atoms with Gasteiger partial charge in [-0.25, -0.2) is 4.98 Å². The monoisotopic (exact) mass is 350 g/mol. The molecule has 0 fully saturated rings. The van der Waals surface area contributed by atoms with Gasteiger partial charge in [0.25, 0.3) is 0 Å². The maximum absolute atomic E-state index is 12.2. The molecule has 1 heterocycles. The van der Waals surface area contributed by atoms with E-state index in [0.29, 0.717) is 17.2 Å². The SMILES string of the molecule is Nc1ccc2nc(CS(=O)c3ccc(Br)cc3)oc2c1. The summed E-state index contributed by atoms with van der Waals surface area (Å²) in [7, 11) is -1.18. The molecule has 0 radical (unpaired) electrons. The Bertz CT molecular complexity index is 783. The van der Waals surface area contributed by atoms with Crippen molar-refractivity contribution in [3.05, 3.63) is 52.8 Å². The van der Waals surface area contributed by atoms with Crippen molar-refractivity contribution >= 4 is 43.5 Å². The van der Waals surface area contributed by atoms with E-state index in [1.54, 1.807) is 18.2 Å². The van der Waals surface area contributed by atoms with Crippen LogP contribution < -0.4 is 5.73 Å². The average molecular weight is 351 g/mol. The summed E-state index contributed by atoms with van der Waals surface area (Å²) >= 11 is 3.35. The Balaban J connectivity index is 1.85. The van der Waals surface area contributed by atoms with Gasteiger partial charge in [-0.1, -0.05) is 15.9 Å². The molecule has 0 aliphatic heterocycles. The van der Waals surface area contributed by atoms with Crippen molar-refractivity contribution < 1.29 is 8.63 Å². The number of anilines is 1. The fourth-order valence-corrected chi connectivity index (χ4v) is 3.05. The molecule has 0 spiro atoms. The Kier molecular flexibility index (Phi) is 3.58. The quantitative estimate of drug-likeness (QED) is 0.734. The van der Waals surface area contributed by atoms with Crippen molar-refractivity contribution in [3.63, 3.8) is 0 Å². The predicted molar refractivity (Wildman–Crippen MR) is 82.7 cm³/mol. The first-order valence-electron chi connectivity index (χ1n) is 5.91. The van der Waals surface area contributed by atoms with Gasteiger partial charge in [0.2, 0.25) is 5.89 Å². The summed E-state index contributed by atoms with van der Waals surface area (Å²) in [4.78, 5) is 5.06. The van der Waals surface area contributed by atoms with Crippen molar-refractivity contribution in [2.75, 3.05) is 5.73 Å². The molecule has 4 nitrogen and oxygen atoms in total. The van der Waals surface area contributed by atoms with Crippen molar-refractivity contribution in [3.8, 4) is 0 Å². The van der Waals surface area contributed by atoms with Gasteiger partial charge in [-0.05, 0) is 36.4 Å². The van der Waals surface area contributed by atoms with Crippen LogP contribution in [0.25, 0.3) is 11.1 Å². The molecule has 0 amide bonds. The number of fused-ring (bicyclic) bond motifs is 1. The van der Waals surface area contributed by atoms with Crippen LogP contribution in [0.5, 0.6) is 0 Å². The van der Waals surface area contributed by atoms with E-state index in [1.807, 2.05) is 24.3 Å². The first-order chi connectivity index (χ1) is 9.61. The van der Waals surface area contributed by atoms with Crippen LogP contribution in [0.15, 0.2) is 56.2 Å². The number of hydrogen-bond acceptors (Lipinski definition) is 4. The zero-order chi connectivity index (χ0) is 14.1. The summed E-state index contributed by atoms with van der Waals surface area (Å²) in [5.41, 5.74) is 7.65. The lowest BCUT2D eigenvalue weighted by molar-refractivity contribution is 0.552. The predicted octanol–water partition coefficient (Wildman–Crippen LogP) is 3.48. The molecule has 0 aliphatic rings. The summed E-state index contributed by atoms with van der Waals surface area (Å²) in [6.07, 6.45) is 0. The number of aromatic nitrogens is 1. The molecule has 20 heavy (non-hydrogen) atoms. The second-order valence-electron chi connectivity index (χ2n) is 4.28. The van der Waals surface area contributed by atoms with Crippen LogP contribution in [0.3, 0.4) is 0 Å². The van der Waals surface area contributed by atoms with E-state index in [-0.39, 0.29) is 5.75 Å². The number of nitrogen functional groups attached to an aromatic ring is 1. The molecule has 2 N–H and O–H groups in total. The zero-order valence-corrected chi connectivity index (χ0v) is 12.8. The third-order valence-corrected chi connectivity index (χ3v) is 4.62. The van der Waals surface area contributed by atoms with Gasteiger partial charge >= 0.3 is 0 Å². The van der Waals surface area contributed by atoms with Crippen molar-refractivity contribution in [2.24, 2.45) is 0 Å². The first kappa shape index (κ1) is 13.3. The lowest BCUT2D eigenvalue weighted by atomic mass is 10.3. The fourth-order valence-electron chi connectivity index (χ4n) is 1.83. The minimum atomic E-state index is -1.18. The van der Waals surface area contributed by atoms with Crippen molar-refractivity contribution in [2.45, 2.75) is 10.6 Å². The smallest absolute Gasteiger partial charge is 0.208 e. The maximum Gasteiger partial charge on any atom is 0.208 e. The Morgan fingerprint density at radius 1 is 1.20 bits per heavy atom. The summed E-state index contributed by atoms with van der Waals surface area (Å²) in [5.74, 6) is 0.697. The highest BCUT2D eigenvalue weighted by molar-refractivity contribution is 9.10. The number of nitrogens with zero attached hydrogens (tertiary/aromatic N) is 1. The summed E-state index contributed by atoms with van der Waals surface area (Å²) in [6.45, 7) is 0. The largest absolute Gasteiger partial charge is 0.440 e. The van der Waals surface area contributed by atoms with Gasteiger partial charge in [-0.2, -0.15) is 0 Å². The molecule has 3 rings (SSSR count). The lowest BCUT2D eigenvalue weighted by Crippen LogP contribution is -1.96. The van der Waals surface area contributed by atoms with Crippen LogP contribution in [0.4, 0.5) is 5.69 Å². The standard InChI is InChI=1S/C14H11BrN2O2S/c15-9-1-4-11(5-2-9)20(18)8-14-17-12-6-3-10(16)7-13(12)19-14/h1-7H,8,16H2. The van der Waals surface area contributed by atoms with Crippen LogP contribution in [0.1, 0.15) is 5.89 Å². The van der Waals surface area contributed by atoms with E-state index >= 15 is 0 Å². The topological polar surface area (TPSA) is 69.1 Å². The molecule has 0 saturated heterocycles. The van der Waals surface area contributed by atoms with Gasteiger partial charge in [0.05, 0.1) is 10.8 Å². The van der Waals surface area contributed by atoms with Crippen LogP contribution >= 0.6 is 15.9 Å². The number of halogens is 1. The van der Waals surface area contributed by atoms with Crippen LogP contribution in [0, 0.1) is 0 Å². The Morgan fingerprint density at radius 2 is 1.95 bits per heavy atom. The minimum absolute atomic E-state index is 0.246. The zero-order valence-electron chi connectivity index (χ0n) is 10.4. The number of rotatable bonds is 3. The van der Waals surface area contributed by atoms with E-state index < -0.39 is 10.8 Å². The highest BCUT2D eigenvalue weighted by Crippen LogP contribution is 2.21. The highest BCUT2D eigenvalue weighted by Gasteiger charge is 2.11. The van der Waals surface area contributed by atoms with Crippen LogP contribution in [-0.4, -0.2) is 9.19 Å². The molecule has 1 aromatic heterocycles. The number of benzene rings is 2. The summed E-state index contributed by atoms with van der Waals surface area (Å²) in [5, 5.41) is 0. The molecular formula is C14H11BrN2O2S. The van der Waals surface area contributed by atoms with Gasteiger partial charge in [-0.3, -0.25) is 4.21 Å². The Hall–Kier alpha value is -1.66. The average Bonchev–Trinajstić information content (AvgIpc) is 2.80. The Labute approximate surface area is 126 Å². The van der Waals surface area contributed by atoms with Crippen LogP contribution in [-0.2, 0) is 16.6 Å². The molecule has 0 saturated carbocycles. The molecule has 0 aliphatic carbocycles. The minimum Gasteiger partial charge on any atom is -0.440 e. The van der Waals surface area contributed by atoms with E-state index in [9.17, 15) is 4.21 Å². The molecule has 2 aromatic carbocycles. The Morgan fingerprint density at radius 3 is 2.70 bits per heavy atom. The highest BCUT2D eigenvalue weighted by atomic mass is 79.9. The van der Waals surface area contributed by atoms with Crippen molar-refractivity contribution in [1.82, 2.24) is 4.98 Å². The number of oxazole rings is 1. The first-order valence-corrected chi connectivity index (χ1v) is 8.02. The van der Waals surface area contributed by atoms with Gasteiger partial charge < -0.3 is 10.2 Å². The maximum atomic E-state index is 12.2. The van der Waals surface area contributed by atoms with E-state index in [0.717, 1.165) is 14.9 Å². The molecule has 1 unspecified atom stereocenters. The van der Waals surface area contributed by atoms with Gasteiger partial charge in [0.1, 0.15) is 11.3 Å². The van der Waals surface area contributed by atoms with Gasteiger partial charge in [0.15, 0.2) is 5.58 Å². The number of nitrogens with two attached hydrogens (primary N) is 1. The molecule has 0 bridgehead atoms. The van der Waals surface area contributed by atoms with E-state index in [2.05, 4.69) is 20.9 Å². The second kappa shape index (κ2) is 5.38. The molecule has 102 valence electrons.